The molecule has 0 unspecified atom stereocenters. The van der Waals surface area contributed by atoms with Crippen LogP contribution in [-0.4, -0.2) is 61.3 Å². The van der Waals surface area contributed by atoms with Crippen molar-refractivity contribution in [1.82, 2.24) is 15.0 Å². The summed E-state index contributed by atoms with van der Waals surface area (Å²) >= 11 is 0. The molecule has 0 N–H and O–H groups in total. The number of hydrogen-bond acceptors (Lipinski definition) is 6. The van der Waals surface area contributed by atoms with E-state index in [9.17, 15) is 4.79 Å². The molecule has 0 radical (unpaired) electrons. The summed E-state index contributed by atoms with van der Waals surface area (Å²) in [6.45, 7) is 3.79. The van der Waals surface area contributed by atoms with Crippen LogP contribution in [0.3, 0.4) is 0 Å². The van der Waals surface area contributed by atoms with Gasteiger partial charge >= 0.3 is 0 Å². The van der Waals surface area contributed by atoms with E-state index in [1.807, 2.05) is 47.4 Å². The first-order valence-corrected chi connectivity index (χ1v) is 9.72. The van der Waals surface area contributed by atoms with E-state index in [-0.39, 0.29) is 5.91 Å². The third-order valence-electron chi connectivity index (χ3n) is 5.35. The van der Waals surface area contributed by atoms with Gasteiger partial charge in [0.25, 0.3) is 0 Å². The summed E-state index contributed by atoms with van der Waals surface area (Å²) in [5.41, 5.74) is 2.68. The Balaban J connectivity index is 1.33. The first-order chi connectivity index (χ1) is 14.2. The molecule has 29 heavy (non-hydrogen) atoms. The minimum atomic E-state index is 0.128. The van der Waals surface area contributed by atoms with Crippen molar-refractivity contribution in [2.45, 2.75) is 13.0 Å². The number of rotatable bonds is 6. The third-order valence-corrected chi connectivity index (χ3v) is 5.35. The summed E-state index contributed by atoms with van der Waals surface area (Å²) in [6.07, 6.45) is 0.355. The molecule has 1 saturated heterocycles. The summed E-state index contributed by atoms with van der Waals surface area (Å²) in [5, 5.41) is 5.27. The third kappa shape index (κ3) is 4.19. The Morgan fingerprint density at radius 2 is 1.79 bits per heavy atom. The van der Waals surface area contributed by atoms with Gasteiger partial charge in [-0.25, -0.2) is 0 Å². The van der Waals surface area contributed by atoms with Crippen LogP contribution in [-0.2, 0) is 17.8 Å². The fraction of sp³-hybridized carbons (Fsp3) is 0.364. The van der Waals surface area contributed by atoms with Crippen molar-refractivity contribution >= 4 is 16.9 Å². The van der Waals surface area contributed by atoms with Gasteiger partial charge in [0.2, 0.25) is 5.91 Å². The van der Waals surface area contributed by atoms with Gasteiger partial charge in [-0.1, -0.05) is 23.4 Å². The first-order valence-electron chi connectivity index (χ1n) is 9.72. The maximum absolute atomic E-state index is 12.7. The number of fused-ring (bicyclic) bond motifs is 1. The van der Waals surface area contributed by atoms with Gasteiger partial charge in [0.15, 0.2) is 17.1 Å². The number of benzene rings is 2. The average Bonchev–Trinajstić information content (AvgIpc) is 3.17. The molecular weight excluding hydrogens is 370 g/mol. The average molecular weight is 395 g/mol. The first kappa shape index (κ1) is 19.3. The molecule has 7 nitrogen and oxygen atoms in total. The van der Waals surface area contributed by atoms with Gasteiger partial charge in [0.1, 0.15) is 5.69 Å². The normalized spacial score (nSPS) is 14.9. The van der Waals surface area contributed by atoms with Crippen LogP contribution in [0, 0.1) is 0 Å². The van der Waals surface area contributed by atoms with Crippen molar-refractivity contribution < 1.29 is 18.8 Å². The molecule has 3 aromatic rings. The van der Waals surface area contributed by atoms with Gasteiger partial charge in [0, 0.05) is 38.1 Å². The molecule has 152 valence electrons. The molecule has 1 aliphatic rings. The second kappa shape index (κ2) is 8.53. The highest BCUT2D eigenvalue weighted by atomic mass is 16.5. The Kier molecular flexibility index (Phi) is 5.67. The standard InChI is InChI=1S/C22H25N3O4/c1-27-20-8-7-16(13-21(20)28-2)14-22(26)25-11-9-24(10-12-25)15-18-17-5-3-4-6-19(17)29-23-18/h3-8,13H,9-12,14-15H2,1-2H3. The Morgan fingerprint density at radius 3 is 2.55 bits per heavy atom. The molecule has 1 amide bonds. The number of amides is 1. The Morgan fingerprint density at radius 1 is 1.03 bits per heavy atom. The summed E-state index contributed by atoms with van der Waals surface area (Å²) in [5.74, 6) is 1.43. The number of hydrogen-bond donors (Lipinski definition) is 0. The number of ether oxygens (including phenoxy) is 2. The lowest BCUT2D eigenvalue weighted by Crippen LogP contribution is -2.48. The molecule has 1 fully saturated rings. The smallest absolute Gasteiger partial charge is 0.227 e. The second-order valence-electron chi connectivity index (χ2n) is 7.15. The van der Waals surface area contributed by atoms with Crippen LogP contribution in [0.2, 0.25) is 0 Å². The van der Waals surface area contributed by atoms with Crippen LogP contribution < -0.4 is 9.47 Å². The minimum absolute atomic E-state index is 0.128. The molecule has 2 aromatic carbocycles. The molecular formula is C22H25N3O4. The summed E-state index contributed by atoms with van der Waals surface area (Å²) in [7, 11) is 3.20. The van der Waals surface area contributed by atoms with Crippen LogP contribution in [0.1, 0.15) is 11.3 Å². The number of para-hydroxylation sites is 1. The van der Waals surface area contributed by atoms with E-state index in [1.54, 1.807) is 14.2 Å². The summed E-state index contributed by atoms with van der Waals surface area (Å²) in [4.78, 5) is 17.0. The number of aromatic nitrogens is 1. The summed E-state index contributed by atoms with van der Waals surface area (Å²) in [6, 6.07) is 13.5. The van der Waals surface area contributed by atoms with Crippen LogP contribution in [0.25, 0.3) is 11.0 Å². The lowest BCUT2D eigenvalue weighted by Gasteiger charge is -2.34. The fourth-order valence-electron chi connectivity index (χ4n) is 3.70. The van der Waals surface area contributed by atoms with E-state index in [4.69, 9.17) is 14.0 Å². The number of carbonyl (C=O) groups is 1. The van der Waals surface area contributed by atoms with Crippen LogP contribution in [0.4, 0.5) is 0 Å². The van der Waals surface area contributed by atoms with Crippen molar-refractivity contribution in [2.24, 2.45) is 0 Å². The van der Waals surface area contributed by atoms with E-state index < -0.39 is 0 Å². The SMILES string of the molecule is COc1ccc(CC(=O)N2CCN(Cc3noc4ccccc34)CC2)cc1OC. The predicted molar refractivity (Wildman–Crippen MR) is 109 cm³/mol. The van der Waals surface area contributed by atoms with E-state index in [1.165, 1.54) is 0 Å². The minimum Gasteiger partial charge on any atom is -0.493 e. The Hall–Kier alpha value is -3.06. The highest BCUT2D eigenvalue weighted by Crippen LogP contribution is 2.28. The van der Waals surface area contributed by atoms with E-state index in [0.717, 1.165) is 41.9 Å². The van der Waals surface area contributed by atoms with Gasteiger partial charge in [-0.15, -0.1) is 0 Å². The largest absolute Gasteiger partial charge is 0.493 e. The maximum atomic E-state index is 12.7. The molecule has 0 saturated carbocycles. The topological polar surface area (TPSA) is 68.0 Å². The predicted octanol–water partition coefficient (Wildman–Crippen LogP) is 2.73. The quantitative estimate of drug-likeness (QED) is 0.639. The van der Waals surface area contributed by atoms with Gasteiger partial charge in [-0.2, -0.15) is 0 Å². The van der Waals surface area contributed by atoms with Gasteiger partial charge < -0.3 is 18.9 Å². The van der Waals surface area contributed by atoms with Crippen LogP contribution in [0.5, 0.6) is 11.5 Å². The molecule has 0 aliphatic carbocycles. The zero-order valence-electron chi connectivity index (χ0n) is 16.8. The van der Waals surface area contributed by atoms with Gasteiger partial charge in [-0.05, 0) is 29.8 Å². The van der Waals surface area contributed by atoms with Crippen molar-refractivity contribution in [3.63, 3.8) is 0 Å². The Labute approximate surface area is 169 Å². The van der Waals surface area contributed by atoms with Crippen molar-refractivity contribution in [2.75, 3.05) is 40.4 Å². The zero-order chi connectivity index (χ0) is 20.2. The number of carbonyl (C=O) groups excluding carboxylic acids is 1. The number of nitrogens with zero attached hydrogens (tertiary/aromatic N) is 3. The van der Waals surface area contributed by atoms with Crippen LogP contribution in [0.15, 0.2) is 47.0 Å². The van der Waals surface area contributed by atoms with Crippen molar-refractivity contribution in [1.29, 1.82) is 0 Å². The molecule has 1 aliphatic heterocycles. The highest BCUT2D eigenvalue weighted by molar-refractivity contribution is 5.80. The van der Waals surface area contributed by atoms with Gasteiger partial charge in [-0.3, -0.25) is 9.69 Å². The van der Waals surface area contributed by atoms with Crippen LogP contribution >= 0.6 is 0 Å². The molecule has 0 atom stereocenters. The van der Waals surface area contributed by atoms with Crippen molar-refractivity contribution in [3.05, 3.63) is 53.7 Å². The molecule has 7 heteroatoms. The summed E-state index contributed by atoms with van der Waals surface area (Å²) < 4.78 is 16.0. The highest BCUT2D eigenvalue weighted by Gasteiger charge is 2.23. The number of piperazine rings is 1. The van der Waals surface area contributed by atoms with Gasteiger partial charge in [0.05, 0.1) is 20.6 Å². The maximum Gasteiger partial charge on any atom is 0.227 e. The van der Waals surface area contributed by atoms with Crippen molar-refractivity contribution in [3.8, 4) is 11.5 Å². The Bertz CT molecular complexity index is 993. The second-order valence-corrected chi connectivity index (χ2v) is 7.15. The van der Waals surface area contributed by atoms with E-state index in [2.05, 4.69) is 10.1 Å². The monoisotopic (exact) mass is 395 g/mol. The molecule has 0 bridgehead atoms. The molecule has 1 aromatic heterocycles. The van der Waals surface area contributed by atoms with E-state index >= 15 is 0 Å². The molecule has 2 heterocycles. The lowest BCUT2D eigenvalue weighted by molar-refractivity contribution is -0.132. The van der Waals surface area contributed by atoms with E-state index in [0.29, 0.717) is 31.0 Å². The fourth-order valence-corrected chi connectivity index (χ4v) is 3.70. The zero-order valence-corrected chi connectivity index (χ0v) is 16.8. The lowest BCUT2D eigenvalue weighted by atomic mass is 10.1. The molecule has 0 spiro atoms. The molecule has 4 rings (SSSR count). The number of methoxy groups -OCH3 is 2.